The standard InChI is InChI=1S/C16H21N3O3/c1-3-4-5-6-8-13-9-7-10-14(11-13)19(18-16(17)21)12-15(20)22-2/h7,9-11H,3-5,12H2,1-2H3,(H3,17,18,21). The quantitative estimate of drug-likeness (QED) is 0.363. The number of nitrogens with one attached hydrogen (secondary N) is 1. The fraction of sp³-hybridized carbons (Fsp3) is 0.375. The summed E-state index contributed by atoms with van der Waals surface area (Å²) in [5, 5.41) is 1.32. The molecule has 0 bridgehead atoms. The number of amides is 2. The molecular formula is C16H21N3O3. The van der Waals surface area contributed by atoms with E-state index in [-0.39, 0.29) is 6.54 Å². The molecule has 0 atom stereocenters. The first kappa shape index (κ1) is 17.4. The number of anilines is 1. The van der Waals surface area contributed by atoms with E-state index in [1.54, 1.807) is 18.2 Å². The second-order valence-electron chi connectivity index (χ2n) is 4.59. The van der Waals surface area contributed by atoms with Crippen LogP contribution in [-0.4, -0.2) is 25.7 Å². The van der Waals surface area contributed by atoms with Gasteiger partial charge in [-0.15, -0.1) is 0 Å². The van der Waals surface area contributed by atoms with Crippen LogP contribution in [0.15, 0.2) is 24.3 Å². The number of nitrogens with two attached hydrogens (primary N) is 1. The molecule has 0 spiro atoms. The molecule has 0 aliphatic carbocycles. The Bertz CT molecular complexity index is 575. The minimum Gasteiger partial charge on any atom is -0.468 e. The molecule has 2 amide bonds. The molecule has 6 heteroatoms. The van der Waals surface area contributed by atoms with Crippen molar-refractivity contribution in [1.29, 1.82) is 0 Å². The normalized spacial score (nSPS) is 9.36. The van der Waals surface area contributed by atoms with Gasteiger partial charge in [0.25, 0.3) is 0 Å². The van der Waals surface area contributed by atoms with Crippen LogP contribution in [0.5, 0.6) is 0 Å². The Hall–Kier alpha value is -2.68. The summed E-state index contributed by atoms with van der Waals surface area (Å²) < 4.78 is 4.61. The molecule has 22 heavy (non-hydrogen) atoms. The van der Waals surface area contributed by atoms with Gasteiger partial charge in [-0.1, -0.05) is 31.3 Å². The molecule has 6 nitrogen and oxygen atoms in total. The first-order valence-corrected chi connectivity index (χ1v) is 7.06. The maximum absolute atomic E-state index is 11.4. The molecule has 0 unspecified atom stereocenters. The van der Waals surface area contributed by atoms with E-state index in [0.717, 1.165) is 24.8 Å². The zero-order chi connectivity index (χ0) is 16.4. The van der Waals surface area contributed by atoms with Crippen molar-refractivity contribution in [2.45, 2.75) is 26.2 Å². The fourth-order valence-electron chi connectivity index (χ4n) is 1.70. The average Bonchev–Trinajstić information content (AvgIpc) is 2.50. The number of primary amides is 1. The van der Waals surface area contributed by atoms with E-state index in [9.17, 15) is 9.59 Å². The Morgan fingerprint density at radius 3 is 2.82 bits per heavy atom. The zero-order valence-corrected chi connectivity index (χ0v) is 12.9. The molecule has 0 aliphatic rings. The Kier molecular flexibility index (Phi) is 7.34. The Labute approximate surface area is 130 Å². The third-order valence-electron chi connectivity index (χ3n) is 2.81. The minimum absolute atomic E-state index is 0.147. The van der Waals surface area contributed by atoms with Crippen molar-refractivity contribution in [2.75, 3.05) is 18.7 Å². The second-order valence-corrected chi connectivity index (χ2v) is 4.59. The highest BCUT2D eigenvalue weighted by atomic mass is 16.5. The van der Waals surface area contributed by atoms with Crippen molar-refractivity contribution < 1.29 is 14.3 Å². The van der Waals surface area contributed by atoms with Gasteiger partial charge < -0.3 is 10.5 Å². The number of hydrogen-bond acceptors (Lipinski definition) is 4. The van der Waals surface area contributed by atoms with Gasteiger partial charge in [-0.2, -0.15) is 0 Å². The van der Waals surface area contributed by atoms with Gasteiger partial charge in [0.2, 0.25) is 0 Å². The van der Waals surface area contributed by atoms with E-state index in [2.05, 4.69) is 28.9 Å². The topological polar surface area (TPSA) is 84.7 Å². The lowest BCUT2D eigenvalue weighted by Crippen LogP contribution is -2.48. The van der Waals surface area contributed by atoms with Gasteiger partial charge in [0.15, 0.2) is 0 Å². The van der Waals surface area contributed by atoms with Crippen molar-refractivity contribution >= 4 is 17.7 Å². The van der Waals surface area contributed by atoms with E-state index >= 15 is 0 Å². The first-order valence-electron chi connectivity index (χ1n) is 7.06. The van der Waals surface area contributed by atoms with Gasteiger partial charge in [-0.05, 0) is 24.6 Å². The number of hydrogen-bond donors (Lipinski definition) is 2. The highest BCUT2D eigenvalue weighted by Crippen LogP contribution is 2.14. The van der Waals surface area contributed by atoms with Crippen LogP contribution in [0.25, 0.3) is 0 Å². The van der Waals surface area contributed by atoms with Crippen LogP contribution in [0.2, 0.25) is 0 Å². The molecule has 0 aliphatic heterocycles. The summed E-state index contributed by atoms with van der Waals surface area (Å²) in [6, 6.07) is 6.42. The third kappa shape index (κ3) is 6.18. The van der Waals surface area contributed by atoms with Crippen molar-refractivity contribution in [2.24, 2.45) is 5.73 Å². The van der Waals surface area contributed by atoms with E-state index in [4.69, 9.17) is 5.73 Å². The molecule has 0 radical (unpaired) electrons. The highest BCUT2D eigenvalue weighted by molar-refractivity contribution is 5.79. The number of benzene rings is 1. The van der Waals surface area contributed by atoms with Crippen LogP contribution in [0.1, 0.15) is 31.7 Å². The van der Waals surface area contributed by atoms with Crippen LogP contribution in [-0.2, 0) is 9.53 Å². The summed E-state index contributed by atoms with van der Waals surface area (Å²) in [5.41, 5.74) is 8.92. The van der Waals surface area contributed by atoms with Gasteiger partial charge in [0, 0.05) is 12.0 Å². The van der Waals surface area contributed by atoms with Gasteiger partial charge in [0.05, 0.1) is 12.8 Å². The molecule has 1 aromatic carbocycles. The predicted octanol–water partition coefficient (Wildman–Crippen LogP) is 1.79. The third-order valence-corrected chi connectivity index (χ3v) is 2.81. The molecule has 0 heterocycles. The molecule has 118 valence electrons. The smallest absolute Gasteiger partial charge is 0.330 e. The SMILES string of the molecule is CCCCC#Cc1cccc(N(CC(=O)OC)NC(N)=O)c1. The monoisotopic (exact) mass is 303 g/mol. The van der Waals surface area contributed by atoms with E-state index in [1.165, 1.54) is 12.1 Å². The van der Waals surface area contributed by atoms with Crippen LogP contribution in [0.4, 0.5) is 10.5 Å². The lowest BCUT2D eigenvalue weighted by atomic mass is 10.2. The van der Waals surface area contributed by atoms with Crippen molar-refractivity contribution in [1.82, 2.24) is 5.43 Å². The van der Waals surface area contributed by atoms with Crippen LogP contribution < -0.4 is 16.2 Å². The number of unbranched alkanes of at least 4 members (excludes halogenated alkanes) is 2. The maximum atomic E-state index is 11.4. The Morgan fingerprint density at radius 2 is 2.18 bits per heavy atom. The van der Waals surface area contributed by atoms with Crippen molar-refractivity contribution in [3.63, 3.8) is 0 Å². The van der Waals surface area contributed by atoms with Gasteiger partial charge in [-0.25, -0.2) is 10.2 Å². The molecule has 0 fully saturated rings. The summed E-state index contributed by atoms with van der Waals surface area (Å²) in [6.45, 7) is 1.97. The van der Waals surface area contributed by atoms with Gasteiger partial charge in [0.1, 0.15) is 6.54 Å². The molecule has 0 saturated heterocycles. The lowest BCUT2D eigenvalue weighted by Gasteiger charge is -2.23. The van der Waals surface area contributed by atoms with Crippen molar-refractivity contribution in [3.8, 4) is 11.8 Å². The van der Waals surface area contributed by atoms with Crippen LogP contribution in [0, 0.1) is 11.8 Å². The van der Waals surface area contributed by atoms with Gasteiger partial charge >= 0.3 is 12.0 Å². The number of esters is 1. The predicted molar refractivity (Wildman–Crippen MR) is 84.9 cm³/mol. The summed E-state index contributed by atoms with van der Waals surface area (Å²) >= 11 is 0. The summed E-state index contributed by atoms with van der Waals surface area (Å²) in [6.07, 6.45) is 3.00. The fourth-order valence-corrected chi connectivity index (χ4v) is 1.70. The number of urea groups is 1. The van der Waals surface area contributed by atoms with E-state index < -0.39 is 12.0 Å². The number of rotatable bonds is 6. The molecule has 3 N–H and O–H groups in total. The van der Waals surface area contributed by atoms with E-state index in [1.807, 2.05) is 6.07 Å². The number of carbonyl (C=O) groups excluding carboxylic acids is 2. The highest BCUT2D eigenvalue weighted by Gasteiger charge is 2.13. The number of nitrogens with zero attached hydrogens (tertiary/aromatic N) is 1. The zero-order valence-electron chi connectivity index (χ0n) is 12.9. The molecule has 0 aromatic heterocycles. The Balaban J connectivity index is 2.91. The van der Waals surface area contributed by atoms with E-state index in [0.29, 0.717) is 5.69 Å². The molecular weight excluding hydrogens is 282 g/mol. The molecule has 1 aromatic rings. The summed E-state index contributed by atoms with van der Waals surface area (Å²) in [4.78, 5) is 22.5. The van der Waals surface area contributed by atoms with Gasteiger partial charge in [-0.3, -0.25) is 9.80 Å². The number of carbonyl (C=O) groups is 2. The number of ether oxygens (including phenoxy) is 1. The molecule has 0 saturated carbocycles. The minimum atomic E-state index is -0.761. The summed E-state index contributed by atoms with van der Waals surface area (Å²) in [5.74, 6) is 5.66. The molecule has 1 rings (SSSR count). The van der Waals surface area contributed by atoms with Crippen LogP contribution in [0.3, 0.4) is 0 Å². The van der Waals surface area contributed by atoms with Crippen LogP contribution >= 0.6 is 0 Å². The summed E-state index contributed by atoms with van der Waals surface area (Å²) in [7, 11) is 1.28. The average molecular weight is 303 g/mol. The number of methoxy groups -OCH3 is 1. The maximum Gasteiger partial charge on any atom is 0.330 e. The largest absolute Gasteiger partial charge is 0.468 e. The number of hydrazine groups is 1. The van der Waals surface area contributed by atoms with Crippen molar-refractivity contribution in [3.05, 3.63) is 29.8 Å². The first-order chi connectivity index (χ1) is 10.6. The lowest BCUT2D eigenvalue weighted by molar-refractivity contribution is -0.139. The Morgan fingerprint density at radius 1 is 1.41 bits per heavy atom. The second kappa shape index (κ2) is 9.29.